The number of nitrogens with zero attached hydrogens (tertiary/aromatic N) is 1. The molecule has 2 saturated heterocycles. The number of likely N-dealkylation sites (tertiary alicyclic amines) is 1. The number of ether oxygens (including phenoxy) is 1. The minimum Gasteiger partial charge on any atom is -0.493 e. The van der Waals surface area contributed by atoms with Crippen LogP contribution in [0.3, 0.4) is 0 Å². The molecule has 1 aromatic carbocycles. The van der Waals surface area contributed by atoms with Crippen LogP contribution >= 0.6 is 0 Å². The Hall–Kier alpha value is -2.08. The molecule has 2 fully saturated rings. The Bertz CT molecular complexity index is 672. The highest BCUT2D eigenvalue weighted by atomic mass is 16.5. The first kappa shape index (κ1) is 17.3. The quantitative estimate of drug-likeness (QED) is 0.862. The number of fused-ring (bicyclic) bond motifs is 1. The Balaban J connectivity index is 1.43. The third-order valence-electron chi connectivity index (χ3n) is 5.76. The fraction of sp³-hybridized carbons (Fsp3) is 0.600. The maximum atomic E-state index is 13.0. The minimum atomic E-state index is -0.334. The Morgan fingerprint density at radius 2 is 2.04 bits per heavy atom. The zero-order valence-corrected chi connectivity index (χ0v) is 15.1. The van der Waals surface area contributed by atoms with Crippen molar-refractivity contribution in [2.75, 3.05) is 26.2 Å². The number of amides is 2. The summed E-state index contributed by atoms with van der Waals surface area (Å²) in [6.45, 7) is 3.01. The van der Waals surface area contributed by atoms with Crippen LogP contribution in [0, 0.1) is 5.92 Å². The predicted molar refractivity (Wildman–Crippen MR) is 97.8 cm³/mol. The molecular formula is C20H27N3O3. The van der Waals surface area contributed by atoms with Gasteiger partial charge < -0.3 is 20.3 Å². The number of hydrogen-bond donors (Lipinski definition) is 2. The summed E-state index contributed by atoms with van der Waals surface area (Å²) >= 11 is 0. The summed E-state index contributed by atoms with van der Waals surface area (Å²) in [5, 5.41) is 6.47. The topological polar surface area (TPSA) is 70.7 Å². The Labute approximate surface area is 154 Å². The molecule has 0 bridgehead atoms. The Morgan fingerprint density at radius 3 is 2.88 bits per heavy atom. The van der Waals surface area contributed by atoms with E-state index in [1.807, 2.05) is 29.2 Å². The monoisotopic (exact) mass is 357 g/mol. The molecule has 2 N–H and O–H groups in total. The number of piperidine rings is 1. The van der Waals surface area contributed by atoms with E-state index in [4.69, 9.17) is 4.74 Å². The average molecular weight is 357 g/mol. The van der Waals surface area contributed by atoms with Crippen molar-refractivity contribution in [1.82, 2.24) is 15.5 Å². The van der Waals surface area contributed by atoms with Crippen LogP contribution in [-0.2, 0) is 9.59 Å². The average Bonchev–Trinajstić information content (AvgIpc) is 3.18. The van der Waals surface area contributed by atoms with E-state index in [2.05, 4.69) is 10.6 Å². The molecule has 2 amide bonds. The number of para-hydroxylation sites is 1. The lowest BCUT2D eigenvalue weighted by Crippen LogP contribution is -2.50. The third-order valence-corrected chi connectivity index (χ3v) is 5.76. The molecule has 3 aliphatic rings. The highest BCUT2D eigenvalue weighted by Crippen LogP contribution is 2.32. The first-order valence-corrected chi connectivity index (χ1v) is 9.77. The molecule has 3 aliphatic heterocycles. The van der Waals surface area contributed by atoms with Crippen LogP contribution in [0.15, 0.2) is 24.3 Å². The van der Waals surface area contributed by atoms with Gasteiger partial charge in [-0.1, -0.05) is 18.2 Å². The molecular weight excluding hydrogens is 330 g/mol. The van der Waals surface area contributed by atoms with Gasteiger partial charge in [0.1, 0.15) is 11.8 Å². The highest BCUT2D eigenvalue weighted by molar-refractivity contribution is 5.89. The fourth-order valence-electron chi connectivity index (χ4n) is 4.36. The van der Waals surface area contributed by atoms with Crippen molar-refractivity contribution in [3.63, 3.8) is 0 Å². The molecule has 0 radical (unpaired) electrons. The number of nitrogens with one attached hydrogen (secondary N) is 2. The molecule has 4 rings (SSSR count). The van der Waals surface area contributed by atoms with E-state index >= 15 is 0 Å². The zero-order chi connectivity index (χ0) is 17.9. The van der Waals surface area contributed by atoms with Crippen LogP contribution < -0.4 is 15.4 Å². The second kappa shape index (κ2) is 7.66. The van der Waals surface area contributed by atoms with Crippen LogP contribution in [0.5, 0.6) is 5.75 Å². The van der Waals surface area contributed by atoms with Crippen molar-refractivity contribution >= 4 is 11.8 Å². The summed E-state index contributed by atoms with van der Waals surface area (Å²) < 4.78 is 5.68. The lowest BCUT2D eigenvalue weighted by Gasteiger charge is -2.32. The molecule has 26 heavy (non-hydrogen) atoms. The number of carbonyl (C=O) groups is 2. The smallest absolute Gasteiger partial charge is 0.243 e. The number of rotatable bonds is 3. The molecule has 3 heterocycles. The first-order chi connectivity index (χ1) is 12.7. The SMILES string of the molecule is O=C(NC1CCOc2ccccc21)[C@H]1CCCN1C(=O)[C@H]1CCCNC1. The van der Waals surface area contributed by atoms with Crippen molar-refractivity contribution in [1.29, 1.82) is 0 Å². The van der Waals surface area contributed by atoms with Crippen LogP contribution in [0.4, 0.5) is 0 Å². The van der Waals surface area contributed by atoms with Crippen molar-refractivity contribution < 1.29 is 14.3 Å². The van der Waals surface area contributed by atoms with Gasteiger partial charge in [-0.15, -0.1) is 0 Å². The molecule has 6 nitrogen and oxygen atoms in total. The number of hydrogen-bond acceptors (Lipinski definition) is 4. The van der Waals surface area contributed by atoms with E-state index < -0.39 is 0 Å². The van der Waals surface area contributed by atoms with Gasteiger partial charge in [0.15, 0.2) is 0 Å². The van der Waals surface area contributed by atoms with Gasteiger partial charge in [-0.25, -0.2) is 0 Å². The van der Waals surface area contributed by atoms with Crippen molar-refractivity contribution in [2.24, 2.45) is 5.92 Å². The maximum absolute atomic E-state index is 13.0. The molecule has 0 aliphatic carbocycles. The molecule has 1 aromatic rings. The van der Waals surface area contributed by atoms with Crippen LogP contribution in [0.25, 0.3) is 0 Å². The van der Waals surface area contributed by atoms with Crippen LogP contribution in [0.1, 0.15) is 43.7 Å². The summed E-state index contributed by atoms with van der Waals surface area (Å²) in [5.41, 5.74) is 1.03. The van der Waals surface area contributed by atoms with E-state index in [1.54, 1.807) is 0 Å². The molecule has 3 atom stereocenters. The molecule has 0 spiro atoms. The summed E-state index contributed by atoms with van der Waals surface area (Å²) in [5.74, 6) is 0.973. The first-order valence-electron chi connectivity index (χ1n) is 9.77. The fourth-order valence-corrected chi connectivity index (χ4v) is 4.36. The molecule has 0 aromatic heterocycles. The second-order valence-electron chi connectivity index (χ2n) is 7.47. The van der Waals surface area contributed by atoms with Gasteiger partial charge in [0.2, 0.25) is 11.8 Å². The van der Waals surface area contributed by atoms with E-state index in [-0.39, 0.29) is 29.8 Å². The normalized spacial score (nSPS) is 28.2. The highest BCUT2D eigenvalue weighted by Gasteiger charge is 2.38. The van der Waals surface area contributed by atoms with E-state index in [0.29, 0.717) is 13.2 Å². The second-order valence-corrected chi connectivity index (χ2v) is 7.47. The molecule has 1 unspecified atom stereocenters. The van der Waals surface area contributed by atoms with Gasteiger partial charge in [0.05, 0.1) is 18.6 Å². The van der Waals surface area contributed by atoms with E-state index in [0.717, 1.165) is 56.5 Å². The van der Waals surface area contributed by atoms with Gasteiger partial charge in [0.25, 0.3) is 0 Å². The Morgan fingerprint density at radius 1 is 1.15 bits per heavy atom. The summed E-state index contributed by atoms with van der Waals surface area (Å²) in [6.07, 6.45) is 4.36. The van der Waals surface area contributed by atoms with Gasteiger partial charge in [-0.2, -0.15) is 0 Å². The van der Waals surface area contributed by atoms with Gasteiger partial charge in [-0.05, 0) is 38.3 Å². The minimum absolute atomic E-state index is 0.0148. The zero-order valence-electron chi connectivity index (χ0n) is 15.1. The van der Waals surface area contributed by atoms with Crippen molar-refractivity contribution in [3.8, 4) is 5.75 Å². The van der Waals surface area contributed by atoms with Gasteiger partial charge in [-0.3, -0.25) is 9.59 Å². The Kier molecular flexibility index (Phi) is 5.11. The molecule has 6 heteroatoms. The molecule has 0 saturated carbocycles. The standard InChI is InChI=1S/C20H27N3O3/c24-19(22-16-9-12-26-18-8-2-1-6-15(16)18)17-7-4-11-23(17)20(25)14-5-3-10-21-13-14/h1-2,6,8,14,16-17,21H,3-5,7,9-13H2,(H,22,24)/t14-,16?,17+/m0/s1. The van der Waals surface area contributed by atoms with Crippen molar-refractivity contribution in [2.45, 2.75) is 44.2 Å². The van der Waals surface area contributed by atoms with E-state index in [1.165, 1.54) is 0 Å². The maximum Gasteiger partial charge on any atom is 0.243 e. The third kappa shape index (κ3) is 3.43. The van der Waals surface area contributed by atoms with Crippen LogP contribution in [0.2, 0.25) is 0 Å². The van der Waals surface area contributed by atoms with Gasteiger partial charge in [0, 0.05) is 25.1 Å². The predicted octanol–water partition coefficient (Wildman–Crippen LogP) is 1.62. The van der Waals surface area contributed by atoms with Gasteiger partial charge >= 0.3 is 0 Å². The van der Waals surface area contributed by atoms with Crippen LogP contribution in [-0.4, -0.2) is 49.0 Å². The van der Waals surface area contributed by atoms with E-state index in [9.17, 15) is 9.59 Å². The lowest BCUT2D eigenvalue weighted by molar-refractivity contribution is -0.142. The summed E-state index contributed by atoms with van der Waals surface area (Å²) in [4.78, 5) is 27.7. The summed E-state index contributed by atoms with van der Waals surface area (Å²) in [7, 11) is 0. The largest absolute Gasteiger partial charge is 0.493 e. The number of benzene rings is 1. The lowest BCUT2D eigenvalue weighted by atomic mass is 9.97. The summed E-state index contributed by atoms with van der Waals surface area (Å²) in [6, 6.07) is 7.48. The number of carbonyl (C=O) groups excluding carboxylic acids is 2. The molecule has 140 valence electrons. The van der Waals surface area contributed by atoms with Crippen molar-refractivity contribution in [3.05, 3.63) is 29.8 Å².